The zero-order valence-electron chi connectivity index (χ0n) is 15.1. The summed E-state index contributed by atoms with van der Waals surface area (Å²) in [5, 5.41) is 11.2. The molecular formula is C20H18N6O2. The number of fused-ring (bicyclic) bond motifs is 1. The van der Waals surface area contributed by atoms with Crippen LogP contribution in [0.2, 0.25) is 0 Å². The molecule has 1 fully saturated rings. The number of aromatic nitrogens is 5. The van der Waals surface area contributed by atoms with E-state index in [2.05, 4.69) is 25.5 Å². The van der Waals surface area contributed by atoms with Crippen LogP contribution in [0.25, 0.3) is 28.3 Å². The Morgan fingerprint density at radius 2 is 1.96 bits per heavy atom. The van der Waals surface area contributed by atoms with E-state index in [0.29, 0.717) is 5.82 Å². The molecular weight excluding hydrogens is 356 g/mol. The molecule has 140 valence electrons. The summed E-state index contributed by atoms with van der Waals surface area (Å²) in [6, 6.07) is 11.6. The third-order valence-corrected chi connectivity index (χ3v) is 4.96. The summed E-state index contributed by atoms with van der Waals surface area (Å²) in [7, 11) is 0. The second-order valence-corrected chi connectivity index (χ2v) is 6.91. The van der Waals surface area contributed by atoms with E-state index in [1.807, 2.05) is 42.6 Å². The van der Waals surface area contributed by atoms with Gasteiger partial charge in [-0.2, -0.15) is 10.1 Å². The summed E-state index contributed by atoms with van der Waals surface area (Å²) in [5.41, 5.74) is 3.23. The Kier molecular flexibility index (Phi) is 4.08. The summed E-state index contributed by atoms with van der Waals surface area (Å²) in [5.74, 6) is 0.0535. The number of nitrogens with one attached hydrogen (secondary N) is 1. The van der Waals surface area contributed by atoms with Crippen molar-refractivity contribution in [1.82, 2.24) is 30.1 Å². The lowest BCUT2D eigenvalue weighted by molar-refractivity contribution is 0.0893. The molecule has 1 aliphatic carbocycles. The first-order valence-electron chi connectivity index (χ1n) is 9.32. The highest BCUT2D eigenvalue weighted by atomic mass is 16.5. The number of hydrogen-bond donors (Lipinski definition) is 1. The third kappa shape index (κ3) is 3.13. The Labute approximate surface area is 160 Å². The van der Waals surface area contributed by atoms with Crippen LogP contribution in [-0.4, -0.2) is 36.7 Å². The lowest BCUT2D eigenvalue weighted by Gasteiger charge is -2.08. The van der Waals surface area contributed by atoms with Crippen LogP contribution in [0.4, 0.5) is 0 Å². The first kappa shape index (κ1) is 16.6. The molecule has 0 atom stereocenters. The standard InChI is InChI=1S/C20H18N6O2/c27-19(22-15-7-1-2-8-15)20-24-18(25-28-20)14-6-3-5-13(11-14)16-12-26-17(23-16)9-4-10-21-26/h3-6,9-12,15H,1-2,7-8H2,(H,22,27). The van der Waals surface area contributed by atoms with Gasteiger partial charge in [0, 0.05) is 23.4 Å². The molecule has 3 aromatic heterocycles. The minimum Gasteiger partial charge on any atom is -0.345 e. The van der Waals surface area contributed by atoms with Crippen LogP contribution in [0.15, 0.2) is 53.3 Å². The van der Waals surface area contributed by atoms with Gasteiger partial charge in [-0.15, -0.1) is 0 Å². The van der Waals surface area contributed by atoms with Crippen LogP contribution in [-0.2, 0) is 0 Å². The molecule has 0 saturated heterocycles. The summed E-state index contributed by atoms with van der Waals surface area (Å²) in [6.45, 7) is 0. The van der Waals surface area contributed by atoms with Gasteiger partial charge in [-0.1, -0.05) is 36.2 Å². The van der Waals surface area contributed by atoms with Gasteiger partial charge in [-0.3, -0.25) is 4.79 Å². The fraction of sp³-hybridized carbons (Fsp3) is 0.250. The van der Waals surface area contributed by atoms with Crippen LogP contribution in [0.5, 0.6) is 0 Å². The van der Waals surface area contributed by atoms with Gasteiger partial charge in [0.25, 0.3) is 0 Å². The van der Waals surface area contributed by atoms with Gasteiger partial charge >= 0.3 is 11.8 Å². The largest absolute Gasteiger partial charge is 0.345 e. The number of amides is 1. The van der Waals surface area contributed by atoms with Gasteiger partial charge in [0.15, 0.2) is 5.65 Å². The highest BCUT2D eigenvalue weighted by molar-refractivity contribution is 5.90. The normalized spacial score (nSPS) is 14.6. The van der Waals surface area contributed by atoms with Gasteiger partial charge in [0.2, 0.25) is 5.82 Å². The number of carbonyl (C=O) groups excluding carboxylic acids is 1. The van der Waals surface area contributed by atoms with Gasteiger partial charge in [0.1, 0.15) is 0 Å². The van der Waals surface area contributed by atoms with Crippen molar-refractivity contribution in [1.29, 1.82) is 0 Å². The van der Waals surface area contributed by atoms with Crippen LogP contribution < -0.4 is 5.32 Å². The minimum atomic E-state index is -0.312. The Bertz CT molecular complexity index is 1110. The Morgan fingerprint density at radius 1 is 1.11 bits per heavy atom. The molecule has 28 heavy (non-hydrogen) atoms. The van der Waals surface area contributed by atoms with E-state index in [9.17, 15) is 4.79 Å². The molecule has 1 saturated carbocycles. The predicted molar refractivity (Wildman–Crippen MR) is 101 cm³/mol. The van der Waals surface area contributed by atoms with Crippen LogP contribution >= 0.6 is 0 Å². The smallest absolute Gasteiger partial charge is 0.316 e. The van der Waals surface area contributed by atoms with Gasteiger partial charge < -0.3 is 9.84 Å². The number of carbonyl (C=O) groups is 1. The Hall–Kier alpha value is -3.55. The highest BCUT2D eigenvalue weighted by Gasteiger charge is 2.22. The van der Waals surface area contributed by atoms with E-state index < -0.39 is 0 Å². The quantitative estimate of drug-likeness (QED) is 0.589. The zero-order chi connectivity index (χ0) is 18.9. The molecule has 4 aromatic rings. The van der Waals surface area contributed by atoms with Crippen LogP contribution in [0.1, 0.15) is 36.4 Å². The van der Waals surface area contributed by atoms with Crippen molar-refractivity contribution in [2.75, 3.05) is 0 Å². The molecule has 0 spiro atoms. The number of imidazole rings is 1. The van der Waals surface area contributed by atoms with E-state index in [-0.39, 0.29) is 17.8 Å². The Morgan fingerprint density at radius 3 is 2.82 bits per heavy atom. The molecule has 0 bridgehead atoms. The van der Waals surface area contributed by atoms with E-state index >= 15 is 0 Å². The summed E-state index contributed by atoms with van der Waals surface area (Å²) >= 11 is 0. The predicted octanol–water partition coefficient (Wildman–Crippen LogP) is 3.12. The lowest BCUT2D eigenvalue weighted by Crippen LogP contribution is -2.32. The minimum absolute atomic E-state index is 0.00997. The van der Waals surface area contributed by atoms with Crippen LogP contribution in [0.3, 0.4) is 0 Å². The average Bonchev–Trinajstić information content (AvgIpc) is 3.47. The second-order valence-electron chi connectivity index (χ2n) is 6.91. The summed E-state index contributed by atoms with van der Waals surface area (Å²) < 4.78 is 6.91. The molecule has 1 aliphatic rings. The number of rotatable bonds is 4. The molecule has 0 unspecified atom stereocenters. The second kappa shape index (κ2) is 6.88. The molecule has 0 aliphatic heterocycles. The maximum atomic E-state index is 12.3. The van der Waals surface area contributed by atoms with Gasteiger partial charge in [-0.25, -0.2) is 9.50 Å². The van der Waals surface area contributed by atoms with Crippen LogP contribution in [0, 0.1) is 0 Å². The van der Waals surface area contributed by atoms with Gasteiger partial charge in [-0.05, 0) is 31.0 Å². The molecule has 8 heteroatoms. The maximum Gasteiger partial charge on any atom is 0.316 e. The van der Waals surface area contributed by atoms with Crippen molar-refractivity contribution >= 4 is 11.6 Å². The topological polar surface area (TPSA) is 98.2 Å². The molecule has 3 heterocycles. The van der Waals surface area contributed by atoms with Crippen molar-refractivity contribution in [2.24, 2.45) is 0 Å². The first-order chi connectivity index (χ1) is 13.8. The number of nitrogens with zero attached hydrogens (tertiary/aromatic N) is 5. The fourth-order valence-corrected chi connectivity index (χ4v) is 3.54. The average molecular weight is 374 g/mol. The van der Waals surface area contributed by atoms with E-state index in [0.717, 1.165) is 48.2 Å². The van der Waals surface area contributed by atoms with Crippen molar-refractivity contribution in [3.63, 3.8) is 0 Å². The number of benzene rings is 1. The van der Waals surface area contributed by atoms with Crippen molar-refractivity contribution in [3.8, 4) is 22.6 Å². The fourth-order valence-electron chi connectivity index (χ4n) is 3.54. The highest BCUT2D eigenvalue weighted by Crippen LogP contribution is 2.25. The van der Waals surface area contributed by atoms with E-state index in [1.165, 1.54) is 0 Å². The third-order valence-electron chi connectivity index (χ3n) is 4.96. The van der Waals surface area contributed by atoms with E-state index in [4.69, 9.17) is 4.52 Å². The maximum absolute atomic E-state index is 12.3. The Balaban J connectivity index is 1.40. The zero-order valence-corrected chi connectivity index (χ0v) is 15.1. The molecule has 5 rings (SSSR count). The lowest BCUT2D eigenvalue weighted by atomic mass is 10.1. The monoisotopic (exact) mass is 374 g/mol. The SMILES string of the molecule is O=C(NC1CCCC1)c1nc(-c2cccc(-c3cn4ncccc4n3)c2)no1. The summed E-state index contributed by atoms with van der Waals surface area (Å²) in [4.78, 5) is 21.2. The van der Waals surface area contributed by atoms with E-state index in [1.54, 1.807) is 10.7 Å². The molecule has 1 N–H and O–H groups in total. The van der Waals surface area contributed by atoms with Crippen molar-refractivity contribution in [3.05, 3.63) is 54.7 Å². The van der Waals surface area contributed by atoms with Gasteiger partial charge in [0.05, 0.1) is 11.9 Å². The molecule has 0 radical (unpaired) electrons. The molecule has 1 aromatic carbocycles. The number of hydrogen-bond acceptors (Lipinski definition) is 6. The van der Waals surface area contributed by atoms with Crippen molar-refractivity contribution < 1.29 is 9.32 Å². The van der Waals surface area contributed by atoms with Crippen molar-refractivity contribution in [2.45, 2.75) is 31.7 Å². The summed E-state index contributed by atoms with van der Waals surface area (Å²) in [6.07, 6.45) is 7.87. The first-order valence-corrected chi connectivity index (χ1v) is 9.32. The molecule has 8 nitrogen and oxygen atoms in total. The molecule has 1 amide bonds.